The molecule has 1 aliphatic rings. The van der Waals surface area contributed by atoms with Gasteiger partial charge in [-0.05, 0) is 0 Å². The second-order valence-electron chi connectivity index (χ2n) is 4.40. The van der Waals surface area contributed by atoms with Crippen LogP contribution in [0.1, 0.15) is 6.42 Å². The van der Waals surface area contributed by atoms with E-state index in [0.29, 0.717) is 5.15 Å². The minimum atomic E-state index is 0.460. The average Bonchev–Trinajstić information content (AvgIpc) is 2.45. The first-order valence-corrected chi connectivity index (χ1v) is 6.73. The summed E-state index contributed by atoms with van der Waals surface area (Å²) in [6.07, 6.45) is 7.60. The van der Waals surface area contributed by atoms with Crippen molar-refractivity contribution < 1.29 is 0 Å². The third-order valence-corrected chi connectivity index (χ3v) is 3.56. The van der Waals surface area contributed by atoms with Crippen molar-refractivity contribution >= 4 is 23.1 Å². The maximum atomic E-state index is 6.07. The van der Waals surface area contributed by atoms with E-state index in [-0.39, 0.29) is 0 Å². The summed E-state index contributed by atoms with van der Waals surface area (Å²) in [6.45, 7) is 4.80. The van der Waals surface area contributed by atoms with Gasteiger partial charge < -0.3 is 10.2 Å². The molecule has 1 aliphatic heterocycles. The number of nitrogens with one attached hydrogen (secondary N) is 1. The molecule has 0 amide bonds. The Bertz CT molecular complexity index is 463. The van der Waals surface area contributed by atoms with Crippen LogP contribution in [0.15, 0.2) is 6.33 Å². The van der Waals surface area contributed by atoms with Crippen LogP contribution in [0.5, 0.6) is 0 Å². The average molecular weight is 280 g/mol. The van der Waals surface area contributed by atoms with Crippen molar-refractivity contribution in [3.8, 4) is 12.3 Å². The summed E-state index contributed by atoms with van der Waals surface area (Å²) < 4.78 is 0. The fourth-order valence-corrected chi connectivity index (χ4v) is 2.44. The number of nitrogens with zero attached hydrogens (tertiary/aromatic N) is 4. The lowest BCUT2D eigenvalue weighted by Gasteiger charge is -2.35. The van der Waals surface area contributed by atoms with E-state index in [1.807, 2.05) is 7.05 Å². The molecule has 0 aromatic carbocycles. The molecule has 0 saturated carbocycles. The number of aromatic nitrogens is 2. The predicted molar refractivity (Wildman–Crippen MR) is 78.7 cm³/mol. The minimum absolute atomic E-state index is 0.460. The first kappa shape index (κ1) is 13.9. The summed E-state index contributed by atoms with van der Waals surface area (Å²) in [7, 11) is 1.83. The van der Waals surface area contributed by atoms with E-state index in [1.54, 1.807) is 0 Å². The van der Waals surface area contributed by atoms with Gasteiger partial charge in [0.1, 0.15) is 12.0 Å². The minimum Gasteiger partial charge on any atom is -0.383 e. The summed E-state index contributed by atoms with van der Waals surface area (Å²) in [6, 6.07) is 0. The number of hydrogen-bond acceptors (Lipinski definition) is 5. The molecular formula is C13H18ClN5. The Kier molecular flexibility index (Phi) is 4.83. The Hall–Kier alpha value is -1.51. The second kappa shape index (κ2) is 6.60. The molecule has 2 heterocycles. The Morgan fingerprint density at radius 2 is 2.11 bits per heavy atom. The van der Waals surface area contributed by atoms with Crippen LogP contribution in [0.2, 0.25) is 5.15 Å². The van der Waals surface area contributed by atoms with E-state index in [4.69, 9.17) is 18.0 Å². The van der Waals surface area contributed by atoms with E-state index in [9.17, 15) is 0 Å². The van der Waals surface area contributed by atoms with Gasteiger partial charge in [-0.2, -0.15) is 0 Å². The van der Waals surface area contributed by atoms with Gasteiger partial charge in [0.2, 0.25) is 0 Å². The Balaban J connectivity index is 2.02. The van der Waals surface area contributed by atoms with Gasteiger partial charge in [-0.3, -0.25) is 4.90 Å². The van der Waals surface area contributed by atoms with Gasteiger partial charge in [-0.15, -0.1) is 12.3 Å². The molecule has 102 valence electrons. The topological polar surface area (TPSA) is 44.3 Å². The van der Waals surface area contributed by atoms with Crippen LogP contribution in [0.25, 0.3) is 0 Å². The molecule has 6 heteroatoms. The maximum absolute atomic E-state index is 6.07. The highest BCUT2D eigenvalue weighted by Crippen LogP contribution is 2.29. The molecule has 2 rings (SSSR count). The number of terminal acetylenes is 1. The van der Waals surface area contributed by atoms with Gasteiger partial charge in [0, 0.05) is 46.2 Å². The SMILES string of the molecule is C#CCCN1CCN(c2ncnc(Cl)c2NC)CC1. The Labute approximate surface area is 119 Å². The van der Waals surface area contributed by atoms with Crippen LogP contribution >= 0.6 is 11.6 Å². The maximum Gasteiger partial charge on any atom is 0.157 e. The summed E-state index contributed by atoms with van der Waals surface area (Å²) >= 11 is 6.07. The van der Waals surface area contributed by atoms with Crippen LogP contribution < -0.4 is 10.2 Å². The van der Waals surface area contributed by atoms with Crippen molar-refractivity contribution in [2.24, 2.45) is 0 Å². The fourth-order valence-electron chi connectivity index (χ4n) is 2.22. The lowest BCUT2D eigenvalue weighted by Crippen LogP contribution is -2.47. The predicted octanol–water partition coefficient (Wildman–Crippen LogP) is 1.32. The smallest absolute Gasteiger partial charge is 0.157 e. The number of rotatable bonds is 4. The van der Waals surface area contributed by atoms with Crippen molar-refractivity contribution in [1.82, 2.24) is 14.9 Å². The monoisotopic (exact) mass is 279 g/mol. The largest absolute Gasteiger partial charge is 0.383 e. The number of anilines is 2. The molecule has 0 unspecified atom stereocenters. The van der Waals surface area contributed by atoms with E-state index < -0.39 is 0 Å². The highest BCUT2D eigenvalue weighted by molar-refractivity contribution is 6.32. The van der Waals surface area contributed by atoms with Crippen LogP contribution in [-0.2, 0) is 0 Å². The molecule has 1 saturated heterocycles. The normalized spacial score (nSPS) is 16.2. The van der Waals surface area contributed by atoms with Crippen LogP contribution in [0, 0.1) is 12.3 Å². The zero-order chi connectivity index (χ0) is 13.7. The van der Waals surface area contributed by atoms with Gasteiger partial charge in [0.15, 0.2) is 11.0 Å². The Morgan fingerprint density at radius 3 is 2.74 bits per heavy atom. The molecule has 0 bridgehead atoms. The van der Waals surface area contributed by atoms with Crippen LogP contribution in [-0.4, -0.2) is 54.6 Å². The lowest BCUT2D eigenvalue weighted by molar-refractivity contribution is 0.263. The van der Waals surface area contributed by atoms with Crippen LogP contribution in [0.3, 0.4) is 0 Å². The van der Waals surface area contributed by atoms with Crippen molar-refractivity contribution in [3.05, 3.63) is 11.5 Å². The molecule has 1 aromatic rings. The standard InChI is InChI=1S/C13H18ClN5/c1-3-4-5-18-6-8-19(9-7-18)13-11(15-2)12(14)16-10-17-13/h1,10,15H,4-9H2,2H3. The summed E-state index contributed by atoms with van der Waals surface area (Å²) in [4.78, 5) is 12.9. The van der Waals surface area contributed by atoms with E-state index >= 15 is 0 Å². The van der Waals surface area contributed by atoms with Crippen molar-refractivity contribution in [2.45, 2.75) is 6.42 Å². The summed E-state index contributed by atoms with van der Waals surface area (Å²) in [5, 5.41) is 3.53. The number of halogens is 1. The molecule has 0 aliphatic carbocycles. The highest BCUT2D eigenvalue weighted by Gasteiger charge is 2.21. The van der Waals surface area contributed by atoms with Crippen molar-refractivity contribution in [1.29, 1.82) is 0 Å². The number of hydrogen-bond donors (Lipinski definition) is 1. The number of piperazine rings is 1. The molecule has 1 N–H and O–H groups in total. The molecule has 0 spiro atoms. The first-order valence-electron chi connectivity index (χ1n) is 6.35. The van der Waals surface area contributed by atoms with Gasteiger partial charge >= 0.3 is 0 Å². The fraction of sp³-hybridized carbons (Fsp3) is 0.538. The quantitative estimate of drug-likeness (QED) is 0.665. The summed E-state index contributed by atoms with van der Waals surface area (Å²) in [5.74, 6) is 3.55. The molecule has 5 nitrogen and oxygen atoms in total. The summed E-state index contributed by atoms with van der Waals surface area (Å²) in [5.41, 5.74) is 0.793. The van der Waals surface area contributed by atoms with Crippen molar-refractivity contribution in [2.75, 3.05) is 50.0 Å². The van der Waals surface area contributed by atoms with E-state index in [2.05, 4.69) is 31.0 Å². The zero-order valence-corrected chi connectivity index (χ0v) is 11.8. The zero-order valence-electron chi connectivity index (χ0n) is 11.1. The molecular weight excluding hydrogens is 262 g/mol. The van der Waals surface area contributed by atoms with Gasteiger partial charge in [-0.25, -0.2) is 9.97 Å². The third kappa shape index (κ3) is 3.28. The molecule has 1 aromatic heterocycles. The third-order valence-electron chi connectivity index (χ3n) is 3.28. The van der Waals surface area contributed by atoms with Gasteiger partial charge in [-0.1, -0.05) is 11.6 Å². The van der Waals surface area contributed by atoms with Crippen molar-refractivity contribution in [3.63, 3.8) is 0 Å². The van der Waals surface area contributed by atoms with Gasteiger partial charge in [0.25, 0.3) is 0 Å². The van der Waals surface area contributed by atoms with E-state index in [0.717, 1.165) is 50.6 Å². The van der Waals surface area contributed by atoms with Crippen LogP contribution in [0.4, 0.5) is 11.5 Å². The van der Waals surface area contributed by atoms with E-state index in [1.165, 1.54) is 6.33 Å². The molecule has 19 heavy (non-hydrogen) atoms. The first-order chi connectivity index (χ1) is 9.26. The molecule has 0 atom stereocenters. The van der Waals surface area contributed by atoms with Gasteiger partial charge in [0.05, 0.1) is 0 Å². The molecule has 0 radical (unpaired) electrons. The Morgan fingerprint density at radius 1 is 1.37 bits per heavy atom. The molecule has 1 fully saturated rings. The second-order valence-corrected chi connectivity index (χ2v) is 4.75. The lowest BCUT2D eigenvalue weighted by atomic mass is 10.2. The highest BCUT2D eigenvalue weighted by atomic mass is 35.5.